The maximum Gasteiger partial charge on any atom is 0.375 e. The summed E-state index contributed by atoms with van der Waals surface area (Å²) in [5, 5.41) is 10.9. The van der Waals surface area contributed by atoms with Gasteiger partial charge in [-0.15, -0.1) is 10.2 Å². The maximum absolute atomic E-state index is 11.5. The zero-order valence-corrected chi connectivity index (χ0v) is 12.3. The Morgan fingerprint density at radius 3 is 2.67 bits per heavy atom. The van der Waals surface area contributed by atoms with Crippen LogP contribution >= 0.6 is 11.8 Å². The Balaban J connectivity index is 1.80. The van der Waals surface area contributed by atoms with Crippen LogP contribution < -0.4 is 5.32 Å². The quantitative estimate of drug-likeness (QED) is 0.456. The van der Waals surface area contributed by atoms with Crippen molar-refractivity contribution in [1.82, 2.24) is 10.2 Å². The molecule has 0 saturated heterocycles. The van der Waals surface area contributed by atoms with Gasteiger partial charge in [-0.05, 0) is 31.9 Å². The minimum absolute atomic E-state index is 0.0396. The predicted octanol–water partition coefficient (Wildman–Crippen LogP) is 1.05. The van der Waals surface area contributed by atoms with E-state index >= 15 is 0 Å². The fraction of sp³-hybridized carbons (Fsp3) is 0.462. The van der Waals surface area contributed by atoms with E-state index in [1.54, 1.807) is 19.1 Å². The molecule has 0 radical (unpaired) electrons. The van der Waals surface area contributed by atoms with Crippen LogP contribution in [-0.2, 0) is 19.1 Å². The lowest BCUT2D eigenvalue weighted by Gasteiger charge is -2.03. The molecule has 112 valence electrons. The number of nitrogens with zero attached hydrogens (tertiary/aromatic N) is 2. The molecule has 1 fully saturated rings. The zero-order valence-electron chi connectivity index (χ0n) is 11.5. The molecule has 7 nitrogen and oxygen atoms in total. The number of esters is 1. The van der Waals surface area contributed by atoms with Crippen molar-refractivity contribution in [3.63, 3.8) is 0 Å². The minimum atomic E-state index is -0.841. The second-order valence-corrected chi connectivity index (χ2v) is 5.45. The Bertz CT molecular complexity index is 543. The van der Waals surface area contributed by atoms with Crippen LogP contribution in [0.3, 0.4) is 0 Å². The molecule has 1 aliphatic rings. The number of aromatic nitrogens is 2. The molecule has 1 amide bonds. The summed E-state index contributed by atoms with van der Waals surface area (Å²) in [4.78, 5) is 34.1. The van der Waals surface area contributed by atoms with Crippen LogP contribution in [0.25, 0.3) is 0 Å². The number of rotatable bonds is 7. The van der Waals surface area contributed by atoms with E-state index in [4.69, 9.17) is 0 Å². The molecule has 1 aliphatic carbocycles. The summed E-state index contributed by atoms with van der Waals surface area (Å²) in [6.07, 6.45) is 1.84. The van der Waals surface area contributed by atoms with Crippen LogP contribution in [-0.4, -0.2) is 40.2 Å². The first-order chi connectivity index (χ1) is 10.1. The highest BCUT2D eigenvalue weighted by Crippen LogP contribution is 2.29. The molecule has 8 heteroatoms. The van der Waals surface area contributed by atoms with Gasteiger partial charge in [-0.1, -0.05) is 11.8 Å². The number of anilines is 1. The summed E-state index contributed by atoms with van der Waals surface area (Å²) >= 11 is 1.09. The van der Waals surface area contributed by atoms with E-state index in [0.717, 1.165) is 24.6 Å². The molecule has 1 aromatic rings. The topological polar surface area (TPSA) is 98.2 Å². The van der Waals surface area contributed by atoms with Crippen molar-refractivity contribution < 1.29 is 19.1 Å². The van der Waals surface area contributed by atoms with E-state index in [2.05, 4.69) is 20.3 Å². The number of hydrogen-bond donors (Lipinski definition) is 1. The Hall–Kier alpha value is -1.96. The molecule has 0 unspecified atom stereocenters. The van der Waals surface area contributed by atoms with E-state index in [0.29, 0.717) is 10.8 Å². The molecule has 0 atom stereocenters. The second kappa shape index (κ2) is 7.16. The number of carbonyl (C=O) groups is 3. The second-order valence-electron chi connectivity index (χ2n) is 4.45. The molecule has 0 bridgehead atoms. The lowest BCUT2D eigenvalue weighted by atomic mass is 10.4. The SMILES string of the molecule is CCOC(=O)C(=O)CSc1ccc(NC(=O)C2CC2)nn1. The molecule has 0 spiro atoms. The van der Waals surface area contributed by atoms with Gasteiger partial charge in [0.15, 0.2) is 5.82 Å². The third kappa shape index (κ3) is 4.82. The van der Waals surface area contributed by atoms with Gasteiger partial charge in [-0.3, -0.25) is 9.59 Å². The van der Waals surface area contributed by atoms with E-state index in [9.17, 15) is 14.4 Å². The van der Waals surface area contributed by atoms with Crippen molar-refractivity contribution in [2.75, 3.05) is 17.7 Å². The van der Waals surface area contributed by atoms with Crippen molar-refractivity contribution in [3.05, 3.63) is 12.1 Å². The fourth-order valence-corrected chi connectivity index (χ4v) is 2.11. The van der Waals surface area contributed by atoms with Gasteiger partial charge in [0.1, 0.15) is 5.03 Å². The molecule has 0 aliphatic heterocycles. The van der Waals surface area contributed by atoms with Gasteiger partial charge in [-0.25, -0.2) is 4.79 Å². The molecular weight excluding hydrogens is 294 g/mol. The molecule has 2 rings (SSSR count). The van der Waals surface area contributed by atoms with E-state index in [-0.39, 0.29) is 24.2 Å². The predicted molar refractivity (Wildman–Crippen MR) is 75.7 cm³/mol. The summed E-state index contributed by atoms with van der Waals surface area (Å²) in [6.45, 7) is 1.81. The maximum atomic E-state index is 11.5. The Morgan fingerprint density at radius 2 is 2.10 bits per heavy atom. The van der Waals surface area contributed by atoms with E-state index in [1.807, 2.05) is 0 Å². The summed E-state index contributed by atoms with van der Waals surface area (Å²) in [6, 6.07) is 3.25. The van der Waals surface area contributed by atoms with E-state index < -0.39 is 11.8 Å². The highest BCUT2D eigenvalue weighted by atomic mass is 32.2. The monoisotopic (exact) mass is 309 g/mol. The Morgan fingerprint density at radius 1 is 1.33 bits per heavy atom. The number of ether oxygens (including phenoxy) is 1. The third-order valence-corrected chi connectivity index (χ3v) is 3.61. The van der Waals surface area contributed by atoms with Gasteiger partial charge in [-0.2, -0.15) is 0 Å². The summed E-state index contributed by atoms with van der Waals surface area (Å²) in [5.41, 5.74) is 0. The van der Waals surface area contributed by atoms with Crippen LogP contribution in [0.5, 0.6) is 0 Å². The molecule has 21 heavy (non-hydrogen) atoms. The first kappa shape index (κ1) is 15.4. The Kier molecular flexibility index (Phi) is 5.26. The van der Waals surface area contributed by atoms with Crippen LogP contribution in [0.4, 0.5) is 5.82 Å². The first-order valence-electron chi connectivity index (χ1n) is 6.57. The highest BCUT2D eigenvalue weighted by molar-refractivity contribution is 8.00. The number of ketones is 1. The van der Waals surface area contributed by atoms with Crippen molar-refractivity contribution >= 4 is 35.2 Å². The van der Waals surface area contributed by atoms with Crippen molar-refractivity contribution in [2.45, 2.75) is 24.8 Å². The largest absolute Gasteiger partial charge is 0.460 e. The summed E-state index contributed by atoms with van der Waals surface area (Å²) in [7, 11) is 0. The fourth-order valence-electron chi connectivity index (χ4n) is 1.45. The molecular formula is C13H15N3O4S. The minimum Gasteiger partial charge on any atom is -0.460 e. The number of nitrogens with one attached hydrogen (secondary N) is 1. The summed E-state index contributed by atoms with van der Waals surface area (Å²) < 4.78 is 4.60. The molecule has 1 aromatic heterocycles. The van der Waals surface area contributed by atoms with Gasteiger partial charge in [0.2, 0.25) is 11.7 Å². The van der Waals surface area contributed by atoms with E-state index in [1.165, 1.54) is 0 Å². The number of carbonyl (C=O) groups excluding carboxylic acids is 3. The van der Waals surface area contributed by atoms with Gasteiger partial charge < -0.3 is 10.1 Å². The first-order valence-corrected chi connectivity index (χ1v) is 7.56. The van der Waals surface area contributed by atoms with Gasteiger partial charge >= 0.3 is 5.97 Å². The van der Waals surface area contributed by atoms with Gasteiger partial charge in [0.25, 0.3) is 0 Å². The normalized spacial score (nSPS) is 13.6. The Labute approximate surface area is 125 Å². The lowest BCUT2D eigenvalue weighted by molar-refractivity contribution is -0.152. The van der Waals surface area contributed by atoms with Crippen molar-refractivity contribution in [1.29, 1.82) is 0 Å². The number of Topliss-reactive ketones (excluding diaryl/α,β-unsaturated/α-hetero) is 1. The van der Waals surface area contributed by atoms with Crippen LogP contribution in [0, 0.1) is 5.92 Å². The smallest absolute Gasteiger partial charge is 0.375 e. The lowest BCUT2D eigenvalue weighted by Crippen LogP contribution is -2.19. The van der Waals surface area contributed by atoms with Crippen LogP contribution in [0.1, 0.15) is 19.8 Å². The highest BCUT2D eigenvalue weighted by Gasteiger charge is 2.29. The average molecular weight is 309 g/mol. The van der Waals surface area contributed by atoms with Gasteiger partial charge in [0, 0.05) is 5.92 Å². The molecule has 0 aromatic carbocycles. The molecule has 1 heterocycles. The zero-order chi connectivity index (χ0) is 15.2. The third-order valence-electron chi connectivity index (χ3n) is 2.69. The number of thioether (sulfide) groups is 1. The van der Waals surface area contributed by atoms with Gasteiger partial charge in [0.05, 0.1) is 12.4 Å². The van der Waals surface area contributed by atoms with Crippen molar-refractivity contribution in [3.8, 4) is 0 Å². The number of amides is 1. The standard InChI is InChI=1S/C13H15N3O4S/c1-2-20-13(19)9(17)7-21-11-6-5-10(15-16-11)14-12(18)8-3-4-8/h5-6,8H,2-4,7H2,1H3,(H,14,15,18). The average Bonchev–Trinajstić information content (AvgIpc) is 3.31. The van der Waals surface area contributed by atoms with Crippen molar-refractivity contribution in [2.24, 2.45) is 5.92 Å². The van der Waals surface area contributed by atoms with Crippen LogP contribution in [0.15, 0.2) is 17.2 Å². The summed E-state index contributed by atoms with van der Waals surface area (Å²) in [5.74, 6) is -1.07. The van der Waals surface area contributed by atoms with Crippen LogP contribution in [0.2, 0.25) is 0 Å². The molecule has 1 saturated carbocycles. The number of hydrogen-bond acceptors (Lipinski definition) is 7. The molecule has 1 N–H and O–H groups in total.